The van der Waals surface area contributed by atoms with Gasteiger partial charge in [-0.1, -0.05) is 29.8 Å². The van der Waals surface area contributed by atoms with E-state index in [1.165, 1.54) is 0 Å². The molecule has 1 heterocycles. The third kappa shape index (κ3) is 2.35. The number of hydrogen-bond donors (Lipinski definition) is 1. The lowest BCUT2D eigenvalue weighted by Gasteiger charge is -2.17. The molecule has 0 spiro atoms. The molecule has 2 rings (SSSR count). The van der Waals surface area contributed by atoms with E-state index in [0.717, 1.165) is 21.7 Å². The van der Waals surface area contributed by atoms with Gasteiger partial charge in [0.15, 0.2) is 0 Å². The maximum Gasteiger partial charge on any atom is 0.0620 e. The average molecular weight is 250 g/mol. The second-order valence-electron chi connectivity index (χ2n) is 4.15. The van der Waals surface area contributed by atoms with Crippen molar-refractivity contribution in [3.63, 3.8) is 0 Å². The van der Waals surface area contributed by atoms with Gasteiger partial charge in [-0.25, -0.2) is 0 Å². The van der Waals surface area contributed by atoms with E-state index in [1.807, 2.05) is 51.6 Å². The molecule has 0 saturated carbocycles. The van der Waals surface area contributed by atoms with Crippen molar-refractivity contribution >= 4 is 11.6 Å². The van der Waals surface area contributed by atoms with Crippen molar-refractivity contribution < 1.29 is 0 Å². The molecule has 1 aromatic heterocycles. The highest BCUT2D eigenvalue weighted by Gasteiger charge is 2.17. The van der Waals surface area contributed by atoms with Crippen LogP contribution in [0, 0.1) is 6.92 Å². The summed E-state index contributed by atoms with van der Waals surface area (Å²) >= 11 is 6.36. The smallest absolute Gasteiger partial charge is 0.0620 e. The van der Waals surface area contributed by atoms with Crippen molar-refractivity contribution in [1.82, 2.24) is 15.1 Å². The second kappa shape index (κ2) is 4.90. The SMILES string of the molecule is CNC(c1cnn(C)c1)c1cccc(C)c1Cl. The van der Waals surface area contributed by atoms with Gasteiger partial charge in [-0.05, 0) is 25.1 Å². The zero-order valence-electron chi connectivity index (χ0n) is 10.2. The van der Waals surface area contributed by atoms with Crippen molar-refractivity contribution in [3.8, 4) is 0 Å². The van der Waals surface area contributed by atoms with Gasteiger partial charge in [-0.3, -0.25) is 4.68 Å². The van der Waals surface area contributed by atoms with E-state index < -0.39 is 0 Å². The highest BCUT2D eigenvalue weighted by atomic mass is 35.5. The van der Waals surface area contributed by atoms with Gasteiger partial charge in [-0.15, -0.1) is 0 Å². The van der Waals surface area contributed by atoms with E-state index in [4.69, 9.17) is 11.6 Å². The number of halogens is 1. The van der Waals surface area contributed by atoms with E-state index in [9.17, 15) is 0 Å². The average Bonchev–Trinajstić information content (AvgIpc) is 2.72. The zero-order chi connectivity index (χ0) is 12.4. The lowest BCUT2D eigenvalue weighted by molar-refractivity contribution is 0.689. The van der Waals surface area contributed by atoms with E-state index >= 15 is 0 Å². The Bertz CT molecular complexity index is 519. The summed E-state index contributed by atoms with van der Waals surface area (Å²) in [6.07, 6.45) is 3.86. The third-order valence-corrected chi connectivity index (χ3v) is 3.40. The van der Waals surface area contributed by atoms with Crippen LogP contribution in [0.2, 0.25) is 5.02 Å². The molecular formula is C13H16ClN3. The minimum Gasteiger partial charge on any atom is -0.309 e. The minimum absolute atomic E-state index is 0.0797. The fourth-order valence-corrected chi connectivity index (χ4v) is 2.22. The van der Waals surface area contributed by atoms with Gasteiger partial charge < -0.3 is 5.32 Å². The van der Waals surface area contributed by atoms with Crippen LogP contribution >= 0.6 is 11.6 Å². The molecule has 0 aliphatic heterocycles. The Hall–Kier alpha value is -1.32. The van der Waals surface area contributed by atoms with Crippen LogP contribution in [0.15, 0.2) is 30.6 Å². The van der Waals surface area contributed by atoms with Gasteiger partial charge in [-0.2, -0.15) is 5.10 Å². The number of nitrogens with zero attached hydrogens (tertiary/aromatic N) is 2. The summed E-state index contributed by atoms with van der Waals surface area (Å²) in [5, 5.41) is 8.29. The molecule has 0 saturated heterocycles. The third-order valence-electron chi connectivity index (χ3n) is 2.88. The van der Waals surface area contributed by atoms with Gasteiger partial charge in [0.25, 0.3) is 0 Å². The number of rotatable bonds is 3. The molecule has 0 bridgehead atoms. The van der Waals surface area contributed by atoms with E-state index in [-0.39, 0.29) is 6.04 Å². The maximum atomic E-state index is 6.36. The molecule has 0 fully saturated rings. The van der Waals surface area contributed by atoms with Crippen LogP contribution < -0.4 is 5.32 Å². The topological polar surface area (TPSA) is 29.9 Å². The number of aryl methyl sites for hydroxylation is 2. The van der Waals surface area contributed by atoms with Crippen LogP contribution in [0.25, 0.3) is 0 Å². The van der Waals surface area contributed by atoms with Crippen LogP contribution in [0.3, 0.4) is 0 Å². The Labute approximate surface area is 106 Å². The van der Waals surface area contributed by atoms with Crippen molar-refractivity contribution in [2.45, 2.75) is 13.0 Å². The minimum atomic E-state index is 0.0797. The molecule has 2 aromatic rings. The summed E-state index contributed by atoms with van der Waals surface area (Å²) in [5.74, 6) is 0. The zero-order valence-corrected chi connectivity index (χ0v) is 11.0. The highest BCUT2D eigenvalue weighted by Crippen LogP contribution is 2.29. The first-order valence-corrected chi connectivity index (χ1v) is 5.92. The number of nitrogens with one attached hydrogen (secondary N) is 1. The molecule has 1 N–H and O–H groups in total. The highest BCUT2D eigenvalue weighted by molar-refractivity contribution is 6.32. The molecule has 90 valence electrons. The summed E-state index contributed by atoms with van der Waals surface area (Å²) in [5.41, 5.74) is 3.29. The molecule has 0 amide bonds. The molecule has 1 aromatic carbocycles. The number of aromatic nitrogens is 2. The fourth-order valence-electron chi connectivity index (χ4n) is 1.98. The van der Waals surface area contributed by atoms with Crippen LogP contribution in [0.4, 0.5) is 0 Å². The first-order chi connectivity index (χ1) is 8.13. The molecule has 1 atom stereocenters. The van der Waals surface area contributed by atoms with E-state index in [2.05, 4.69) is 10.4 Å². The molecule has 0 aliphatic carbocycles. The van der Waals surface area contributed by atoms with Crippen LogP contribution in [0.1, 0.15) is 22.7 Å². The first kappa shape index (κ1) is 12.1. The second-order valence-corrected chi connectivity index (χ2v) is 4.53. The lowest BCUT2D eigenvalue weighted by Crippen LogP contribution is -2.17. The molecule has 0 radical (unpaired) electrons. The summed E-state index contributed by atoms with van der Waals surface area (Å²) in [6.45, 7) is 2.02. The fraction of sp³-hybridized carbons (Fsp3) is 0.308. The Kier molecular flexibility index (Phi) is 3.50. The summed E-state index contributed by atoms with van der Waals surface area (Å²) in [7, 11) is 3.84. The quantitative estimate of drug-likeness (QED) is 0.907. The normalized spacial score (nSPS) is 12.7. The molecule has 17 heavy (non-hydrogen) atoms. The molecule has 4 heteroatoms. The van der Waals surface area contributed by atoms with E-state index in [0.29, 0.717) is 0 Å². The van der Waals surface area contributed by atoms with Gasteiger partial charge in [0.2, 0.25) is 0 Å². The predicted molar refractivity (Wildman–Crippen MR) is 70.3 cm³/mol. The molecule has 3 nitrogen and oxygen atoms in total. The number of hydrogen-bond acceptors (Lipinski definition) is 2. The van der Waals surface area contributed by atoms with Crippen LogP contribution in [-0.2, 0) is 7.05 Å². The first-order valence-electron chi connectivity index (χ1n) is 5.54. The molecular weight excluding hydrogens is 234 g/mol. The summed E-state index contributed by atoms with van der Waals surface area (Å²) in [6, 6.07) is 6.17. The molecule has 1 unspecified atom stereocenters. The Balaban J connectivity index is 2.45. The monoisotopic (exact) mass is 249 g/mol. The van der Waals surface area contributed by atoms with Crippen molar-refractivity contribution in [1.29, 1.82) is 0 Å². The Morgan fingerprint density at radius 3 is 2.76 bits per heavy atom. The Morgan fingerprint density at radius 1 is 1.41 bits per heavy atom. The van der Waals surface area contributed by atoms with Crippen molar-refractivity contribution in [3.05, 3.63) is 52.3 Å². The van der Waals surface area contributed by atoms with Crippen molar-refractivity contribution in [2.24, 2.45) is 7.05 Å². The summed E-state index contributed by atoms with van der Waals surface area (Å²) < 4.78 is 1.80. The standard InChI is InChI=1S/C13H16ClN3/c1-9-5-4-6-11(12(9)14)13(15-2)10-7-16-17(3)8-10/h4-8,13,15H,1-3H3. The summed E-state index contributed by atoms with van der Waals surface area (Å²) in [4.78, 5) is 0. The van der Waals surface area contributed by atoms with Gasteiger partial charge in [0.1, 0.15) is 0 Å². The molecule has 0 aliphatic rings. The maximum absolute atomic E-state index is 6.36. The van der Waals surface area contributed by atoms with Gasteiger partial charge in [0.05, 0.1) is 12.2 Å². The largest absolute Gasteiger partial charge is 0.309 e. The van der Waals surface area contributed by atoms with Crippen LogP contribution in [0.5, 0.6) is 0 Å². The Morgan fingerprint density at radius 2 is 2.18 bits per heavy atom. The van der Waals surface area contributed by atoms with Crippen molar-refractivity contribution in [2.75, 3.05) is 7.05 Å². The van der Waals surface area contributed by atoms with E-state index in [1.54, 1.807) is 4.68 Å². The number of benzene rings is 1. The van der Waals surface area contributed by atoms with Gasteiger partial charge in [0, 0.05) is 23.8 Å². The lowest BCUT2D eigenvalue weighted by atomic mass is 10.00. The van der Waals surface area contributed by atoms with Gasteiger partial charge >= 0.3 is 0 Å². The van der Waals surface area contributed by atoms with Crippen LogP contribution in [-0.4, -0.2) is 16.8 Å². The predicted octanol–water partition coefficient (Wildman–Crippen LogP) is 2.69.